The summed E-state index contributed by atoms with van der Waals surface area (Å²) in [5.41, 5.74) is 8.23. The molecule has 0 aliphatic heterocycles. The van der Waals surface area contributed by atoms with Gasteiger partial charge in [-0.25, -0.2) is 4.98 Å². The average molecular weight is 287 g/mol. The maximum Gasteiger partial charge on any atom is 0.181 e. The lowest BCUT2D eigenvalue weighted by Crippen LogP contribution is -2.27. The molecule has 2 aromatic rings. The van der Waals surface area contributed by atoms with Gasteiger partial charge in [0.15, 0.2) is 5.13 Å². The monoisotopic (exact) mass is 287 g/mol. The van der Waals surface area contributed by atoms with Crippen molar-refractivity contribution in [3.05, 3.63) is 23.8 Å². The molecule has 4 rings (SSSR count). The van der Waals surface area contributed by atoms with Crippen molar-refractivity contribution in [2.75, 3.05) is 18.8 Å². The molecule has 0 spiro atoms. The number of thiazole rings is 1. The summed E-state index contributed by atoms with van der Waals surface area (Å²) in [5, 5.41) is 0.671. The molecular formula is C16H21N3S. The van der Waals surface area contributed by atoms with Crippen molar-refractivity contribution in [2.24, 2.45) is 11.8 Å². The van der Waals surface area contributed by atoms with Gasteiger partial charge in [0.05, 0.1) is 10.2 Å². The zero-order valence-corrected chi connectivity index (χ0v) is 12.5. The Labute approximate surface area is 123 Å². The average Bonchev–Trinajstić information content (AvgIpc) is 3.31. The molecule has 2 saturated carbocycles. The van der Waals surface area contributed by atoms with E-state index < -0.39 is 0 Å². The smallest absolute Gasteiger partial charge is 0.181 e. The van der Waals surface area contributed by atoms with E-state index >= 15 is 0 Å². The largest absolute Gasteiger partial charge is 0.375 e. The molecule has 0 unspecified atom stereocenters. The fraction of sp³-hybridized carbons (Fsp3) is 0.562. The maximum atomic E-state index is 5.79. The number of rotatable bonds is 6. The summed E-state index contributed by atoms with van der Waals surface area (Å²) in [5.74, 6) is 1.94. The van der Waals surface area contributed by atoms with Crippen LogP contribution in [0.4, 0.5) is 5.13 Å². The van der Waals surface area contributed by atoms with Crippen LogP contribution in [0.3, 0.4) is 0 Å². The Balaban J connectivity index is 1.50. The number of nitrogens with two attached hydrogens (primary N) is 1. The molecule has 2 fully saturated rings. The fourth-order valence-electron chi connectivity index (χ4n) is 2.88. The summed E-state index contributed by atoms with van der Waals surface area (Å²) in [6, 6.07) is 6.61. The minimum absolute atomic E-state index is 0.671. The highest BCUT2D eigenvalue weighted by Crippen LogP contribution is 2.34. The van der Waals surface area contributed by atoms with Gasteiger partial charge in [-0.1, -0.05) is 17.4 Å². The first-order valence-corrected chi connectivity index (χ1v) is 8.45. The van der Waals surface area contributed by atoms with E-state index in [0.29, 0.717) is 5.13 Å². The molecule has 0 bridgehead atoms. The highest BCUT2D eigenvalue weighted by Gasteiger charge is 2.29. The van der Waals surface area contributed by atoms with Gasteiger partial charge in [0.25, 0.3) is 0 Å². The SMILES string of the molecule is Nc1nc2ccc(CN(CC3CC3)CC3CC3)cc2s1. The van der Waals surface area contributed by atoms with Crippen LogP contribution in [0.15, 0.2) is 18.2 Å². The zero-order valence-electron chi connectivity index (χ0n) is 11.7. The van der Waals surface area contributed by atoms with Crippen molar-refractivity contribution in [1.82, 2.24) is 9.88 Å². The third kappa shape index (κ3) is 2.96. The Bertz CT molecular complexity index is 599. The van der Waals surface area contributed by atoms with Gasteiger partial charge in [-0.2, -0.15) is 0 Å². The minimum Gasteiger partial charge on any atom is -0.375 e. The van der Waals surface area contributed by atoms with Gasteiger partial charge in [-0.3, -0.25) is 4.90 Å². The van der Waals surface area contributed by atoms with Gasteiger partial charge < -0.3 is 5.73 Å². The second-order valence-corrected chi connectivity index (χ2v) is 7.50. The lowest BCUT2D eigenvalue weighted by Gasteiger charge is -2.22. The summed E-state index contributed by atoms with van der Waals surface area (Å²) in [6.07, 6.45) is 5.74. The third-order valence-corrected chi connectivity index (χ3v) is 5.15. The summed E-state index contributed by atoms with van der Waals surface area (Å²) in [4.78, 5) is 7.00. The highest BCUT2D eigenvalue weighted by molar-refractivity contribution is 7.22. The Morgan fingerprint density at radius 3 is 2.50 bits per heavy atom. The van der Waals surface area contributed by atoms with Crippen LogP contribution in [-0.2, 0) is 6.54 Å². The van der Waals surface area contributed by atoms with Crippen LogP contribution in [0.1, 0.15) is 31.2 Å². The topological polar surface area (TPSA) is 42.1 Å². The lowest BCUT2D eigenvalue weighted by molar-refractivity contribution is 0.244. The molecule has 3 nitrogen and oxygen atoms in total. The van der Waals surface area contributed by atoms with Gasteiger partial charge in [0, 0.05) is 19.6 Å². The Morgan fingerprint density at radius 2 is 1.85 bits per heavy atom. The molecule has 1 aromatic carbocycles. The van der Waals surface area contributed by atoms with Crippen molar-refractivity contribution in [3.8, 4) is 0 Å². The number of anilines is 1. The van der Waals surface area contributed by atoms with Crippen LogP contribution in [-0.4, -0.2) is 23.0 Å². The van der Waals surface area contributed by atoms with Crippen LogP contribution in [0.25, 0.3) is 10.2 Å². The number of nitrogen functional groups attached to an aromatic ring is 1. The van der Waals surface area contributed by atoms with Crippen LogP contribution in [0.2, 0.25) is 0 Å². The van der Waals surface area contributed by atoms with Gasteiger partial charge >= 0.3 is 0 Å². The molecule has 4 heteroatoms. The van der Waals surface area contributed by atoms with Gasteiger partial charge in [0.1, 0.15) is 0 Å². The molecule has 1 heterocycles. The third-order valence-electron chi connectivity index (χ3n) is 4.30. The number of hydrogen-bond acceptors (Lipinski definition) is 4. The van der Waals surface area contributed by atoms with Gasteiger partial charge in [-0.05, 0) is 55.2 Å². The molecule has 0 amide bonds. The van der Waals surface area contributed by atoms with Crippen LogP contribution in [0, 0.1) is 11.8 Å². The minimum atomic E-state index is 0.671. The highest BCUT2D eigenvalue weighted by atomic mass is 32.1. The van der Waals surface area contributed by atoms with E-state index in [1.165, 1.54) is 49.0 Å². The zero-order chi connectivity index (χ0) is 13.5. The maximum absolute atomic E-state index is 5.79. The van der Waals surface area contributed by atoms with Crippen molar-refractivity contribution in [1.29, 1.82) is 0 Å². The van der Waals surface area contributed by atoms with E-state index in [2.05, 4.69) is 28.1 Å². The molecule has 0 radical (unpaired) electrons. The summed E-state index contributed by atoms with van der Waals surface area (Å²) >= 11 is 1.59. The molecular weight excluding hydrogens is 266 g/mol. The first-order chi connectivity index (χ1) is 9.76. The Hall–Kier alpha value is -1.13. The van der Waals surface area contributed by atoms with Crippen LogP contribution >= 0.6 is 11.3 Å². The normalized spacial score (nSPS) is 19.1. The second kappa shape index (κ2) is 5.01. The molecule has 0 saturated heterocycles. The number of aromatic nitrogens is 1. The summed E-state index contributed by atoms with van der Waals surface area (Å²) in [7, 11) is 0. The first-order valence-electron chi connectivity index (χ1n) is 7.63. The van der Waals surface area contributed by atoms with E-state index in [-0.39, 0.29) is 0 Å². The predicted molar refractivity (Wildman–Crippen MR) is 84.8 cm³/mol. The van der Waals surface area contributed by atoms with Crippen LogP contribution in [0.5, 0.6) is 0 Å². The Morgan fingerprint density at radius 1 is 1.15 bits per heavy atom. The van der Waals surface area contributed by atoms with Crippen molar-refractivity contribution in [2.45, 2.75) is 32.2 Å². The lowest BCUT2D eigenvalue weighted by atomic mass is 10.2. The predicted octanol–water partition coefficient (Wildman–Crippen LogP) is 3.50. The van der Waals surface area contributed by atoms with E-state index in [9.17, 15) is 0 Å². The van der Waals surface area contributed by atoms with E-state index in [4.69, 9.17) is 5.73 Å². The second-order valence-electron chi connectivity index (χ2n) is 6.44. The molecule has 2 N–H and O–H groups in total. The molecule has 1 aromatic heterocycles. The van der Waals surface area contributed by atoms with E-state index in [0.717, 1.165) is 23.9 Å². The molecule has 106 valence electrons. The summed E-state index contributed by atoms with van der Waals surface area (Å²) in [6.45, 7) is 3.67. The number of nitrogens with zero attached hydrogens (tertiary/aromatic N) is 2. The van der Waals surface area contributed by atoms with Crippen LogP contribution < -0.4 is 5.73 Å². The number of hydrogen-bond donors (Lipinski definition) is 1. The number of fused-ring (bicyclic) bond motifs is 1. The van der Waals surface area contributed by atoms with Gasteiger partial charge in [-0.15, -0.1) is 0 Å². The Kier molecular flexibility index (Phi) is 3.15. The van der Waals surface area contributed by atoms with E-state index in [1.807, 2.05) is 0 Å². The van der Waals surface area contributed by atoms with Crippen molar-refractivity contribution in [3.63, 3.8) is 0 Å². The quantitative estimate of drug-likeness (QED) is 0.884. The summed E-state index contributed by atoms with van der Waals surface area (Å²) < 4.78 is 1.22. The standard InChI is InChI=1S/C16H21N3S/c17-16-18-14-6-5-13(7-15(14)20-16)10-19(8-11-1-2-11)9-12-3-4-12/h5-7,11-12H,1-4,8-10H2,(H2,17,18). The van der Waals surface area contributed by atoms with Crippen molar-refractivity contribution >= 4 is 26.7 Å². The first kappa shape index (κ1) is 12.6. The molecule has 2 aliphatic rings. The molecule has 20 heavy (non-hydrogen) atoms. The molecule has 2 aliphatic carbocycles. The van der Waals surface area contributed by atoms with Crippen molar-refractivity contribution < 1.29 is 0 Å². The fourth-order valence-corrected chi connectivity index (χ4v) is 3.68. The molecule has 0 atom stereocenters. The number of benzene rings is 1. The van der Waals surface area contributed by atoms with E-state index in [1.54, 1.807) is 11.3 Å². The van der Waals surface area contributed by atoms with Gasteiger partial charge in [0.2, 0.25) is 0 Å².